The summed E-state index contributed by atoms with van der Waals surface area (Å²) in [6.45, 7) is 11.1. The molecule has 0 N–H and O–H groups in total. The second-order valence-corrected chi connectivity index (χ2v) is 12.3. The Hall–Kier alpha value is -3.74. The fourth-order valence-corrected chi connectivity index (χ4v) is 5.94. The summed E-state index contributed by atoms with van der Waals surface area (Å²) in [5.74, 6) is 0.656. The first-order chi connectivity index (χ1) is 20.0. The van der Waals surface area contributed by atoms with Crippen LogP contribution in [0.3, 0.4) is 0 Å². The summed E-state index contributed by atoms with van der Waals surface area (Å²) >= 11 is 0. The fourth-order valence-electron chi connectivity index (χ4n) is 5.94. The Morgan fingerprint density at radius 3 is 2.12 bits per heavy atom. The topological polar surface area (TPSA) is 115 Å². The highest BCUT2D eigenvalue weighted by atomic mass is 16.7. The first-order valence-electron chi connectivity index (χ1n) is 14.7. The quantitative estimate of drug-likeness (QED) is 0.480. The van der Waals surface area contributed by atoms with Gasteiger partial charge in [-0.1, -0.05) is 5.06 Å². The van der Waals surface area contributed by atoms with Crippen molar-refractivity contribution < 1.29 is 33.5 Å². The Balaban J connectivity index is 1.08. The number of hydrogen-bond donors (Lipinski definition) is 0. The maximum absolute atomic E-state index is 13.2. The van der Waals surface area contributed by atoms with Crippen LogP contribution in [-0.2, 0) is 14.4 Å². The lowest BCUT2D eigenvalue weighted by molar-refractivity contribution is -0.152. The molecule has 5 amide bonds. The number of urea groups is 1. The average molecular weight is 587 g/mol. The number of rotatable bonds is 5. The van der Waals surface area contributed by atoms with E-state index < -0.39 is 29.7 Å². The number of hydrogen-bond acceptors (Lipinski definition) is 9. The molecule has 4 aliphatic heterocycles. The summed E-state index contributed by atoms with van der Waals surface area (Å²) < 4.78 is 10.7. The Bertz CT molecular complexity index is 1160. The summed E-state index contributed by atoms with van der Waals surface area (Å²) in [7, 11) is 1.62. The van der Waals surface area contributed by atoms with Crippen LogP contribution in [0.5, 0.6) is 5.75 Å². The lowest BCUT2D eigenvalue weighted by atomic mass is 9.96. The van der Waals surface area contributed by atoms with Crippen molar-refractivity contribution in [2.24, 2.45) is 5.92 Å². The maximum atomic E-state index is 13.2. The summed E-state index contributed by atoms with van der Waals surface area (Å²) in [5.41, 5.74) is 0.511. The molecule has 4 saturated heterocycles. The van der Waals surface area contributed by atoms with Gasteiger partial charge in [0.25, 0.3) is 5.91 Å². The molecule has 13 nitrogen and oxygen atoms in total. The second-order valence-electron chi connectivity index (χ2n) is 12.3. The standard InChI is InChI=1S/C29H42N6O7/c1-29(2,3)41-27(38)32-11-9-21(10-12-32)19-30-13-18-34-24(20-30)25(36)35(26(34)37)42-28(39)33-16-14-31(15-17-33)22-5-7-23(40-4)8-6-22/h5-8,21,24H,9-20H2,1-4H3. The molecule has 4 fully saturated rings. The summed E-state index contributed by atoms with van der Waals surface area (Å²) in [6.07, 6.45) is 0.733. The zero-order valence-electron chi connectivity index (χ0n) is 25.0. The van der Waals surface area contributed by atoms with Crippen molar-refractivity contribution >= 4 is 29.8 Å². The highest BCUT2D eigenvalue weighted by molar-refractivity contribution is 6.04. The lowest BCUT2D eigenvalue weighted by Crippen LogP contribution is -2.54. The van der Waals surface area contributed by atoms with Gasteiger partial charge in [-0.2, -0.15) is 0 Å². The monoisotopic (exact) mass is 586 g/mol. The molecule has 0 bridgehead atoms. The maximum Gasteiger partial charge on any atom is 0.434 e. The van der Waals surface area contributed by atoms with E-state index >= 15 is 0 Å². The van der Waals surface area contributed by atoms with Crippen LogP contribution >= 0.6 is 0 Å². The molecule has 4 heterocycles. The van der Waals surface area contributed by atoms with Gasteiger partial charge in [0.15, 0.2) is 0 Å². The molecule has 42 heavy (non-hydrogen) atoms. The summed E-state index contributed by atoms with van der Waals surface area (Å²) in [4.78, 5) is 66.0. The number of methoxy groups -OCH3 is 1. The first kappa shape index (κ1) is 29.7. The number of benzene rings is 1. The Morgan fingerprint density at radius 2 is 1.50 bits per heavy atom. The van der Waals surface area contributed by atoms with Crippen LogP contribution in [0.4, 0.5) is 20.1 Å². The van der Waals surface area contributed by atoms with Gasteiger partial charge in [-0.25, -0.2) is 14.4 Å². The van der Waals surface area contributed by atoms with Gasteiger partial charge in [-0.3, -0.25) is 9.69 Å². The van der Waals surface area contributed by atoms with Crippen LogP contribution in [0.1, 0.15) is 33.6 Å². The number of piperazine rings is 2. The number of carbonyl (C=O) groups is 4. The normalized spacial score (nSPS) is 22.4. The van der Waals surface area contributed by atoms with Gasteiger partial charge in [-0.05, 0) is 63.8 Å². The smallest absolute Gasteiger partial charge is 0.434 e. The van der Waals surface area contributed by atoms with E-state index in [4.69, 9.17) is 14.3 Å². The molecule has 13 heteroatoms. The van der Waals surface area contributed by atoms with Crippen molar-refractivity contribution in [2.45, 2.75) is 45.3 Å². The van der Waals surface area contributed by atoms with E-state index in [0.717, 1.165) is 30.8 Å². The molecule has 4 aliphatic rings. The number of anilines is 1. The van der Waals surface area contributed by atoms with E-state index in [-0.39, 0.29) is 6.09 Å². The van der Waals surface area contributed by atoms with E-state index in [1.165, 1.54) is 9.80 Å². The van der Waals surface area contributed by atoms with Gasteiger partial charge in [0, 0.05) is 71.1 Å². The number of carbonyl (C=O) groups excluding carboxylic acids is 4. The first-order valence-corrected chi connectivity index (χ1v) is 14.7. The zero-order chi connectivity index (χ0) is 30.0. The predicted octanol–water partition coefficient (Wildman–Crippen LogP) is 2.46. The van der Waals surface area contributed by atoms with Crippen LogP contribution in [-0.4, -0.2) is 133 Å². The molecule has 1 aromatic carbocycles. The largest absolute Gasteiger partial charge is 0.497 e. The van der Waals surface area contributed by atoms with Crippen molar-refractivity contribution in [3.63, 3.8) is 0 Å². The number of fused-ring (bicyclic) bond motifs is 1. The molecule has 0 aliphatic carbocycles. The molecule has 1 atom stereocenters. The molecule has 230 valence electrons. The number of amides is 5. The highest BCUT2D eigenvalue weighted by Crippen LogP contribution is 2.27. The van der Waals surface area contributed by atoms with E-state index in [1.807, 2.05) is 45.0 Å². The molecule has 0 radical (unpaired) electrons. The van der Waals surface area contributed by atoms with Crippen LogP contribution < -0.4 is 9.64 Å². The number of piperidine rings is 1. The molecule has 5 rings (SSSR count). The number of imide groups is 1. The van der Waals surface area contributed by atoms with E-state index in [2.05, 4.69) is 9.80 Å². The second kappa shape index (κ2) is 12.2. The van der Waals surface area contributed by atoms with Crippen molar-refractivity contribution in [3.8, 4) is 5.75 Å². The van der Waals surface area contributed by atoms with Crippen LogP contribution in [0, 0.1) is 5.92 Å². The molecule has 0 saturated carbocycles. The minimum Gasteiger partial charge on any atom is -0.497 e. The number of hydroxylamine groups is 2. The van der Waals surface area contributed by atoms with Gasteiger partial charge in [0.05, 0.1) is 7.11 Å². The van der Waals surface area contributed by atoms with Crippen molar-refractivity contribution in [2.75, 3.05) is 77.5 Å². The third-order valence-electron chi connectivity index (χ3n) is 8.30. The average Bonchev–Trinajstić information content (AvgIpc) is 3.21. The van der Waals surface area contributed by atoms with Gasteiger partial charge in [0.1, 0.15) is 17.4 Å². The number of likely N-dealkylation sites (tertiary alicyclic amines) is 1. The molecule has 1 unspecified atom stereocenters. The third-order valence-corrected chi connectivity index (χ3v) is 8.30. The minimum atomic E-state index is -0.695. The summed E-state index contributed by atoms with van der Waals surface area (Å²) in [6, 6.07) is 6.48. The Kier molecular flexibility index (Phi) is 8.67. The van der Waals surface area contributed by atoms with Crippen molar-refractivity contribution in [1.82, 2.24) is 24.7 Å². The lowest BCUT2D eigenvalue weighted by Gasteiger charge is -2.39. The molecular formula is C29H42N6O7. The zero-order valence-corrected chi connectivity index (χ0v) is 25.0. The third kappa shape index (κ3) is 6.66. The van der Waals surface area contributed by atoms with Gasteiger partial charge >= 0.3 is 18.2 Å². The van der Waals surface area contributed by atoms with Crippen molar-refractivity contribution in [3.05, 3.63) is 24.3 Å². The molecule has 1 aromatic rings. The Morgan fingerprint density at radius 1 is 0.857 bits per heavy atom. The Labute approximate surface area is 246 Å². The van der Waals surface area contributed by atoms with E-state index in [9.17, 15) is 19.2 Å². The fraction of sp³-hybridized carbons (Fsp3) is 0.655. The van der Waals surface area contributed by atoms with Crippen molar-refractivity contribution in [1.29, 1.82) is 0 Å². The highest BCUT2D eigenvalue weighted by Gasteiger charge is 2.50. The van der Waals surface area contributed by atoms with Gasteiger partial charge in [-0.15, -0.1) is 0 Å². The molecule has 0 spiro atoms. The van der Waals surface area contributed by atoms with Gasteiger partial charge in [0.2, 0.25) is 0 Å². The minimum absolute atomic E-state index is 0.279. The van der Waals surface area contributed by atoms with E-state index in [0.29, 0.717) is 69.9 Å². The van der Waals surface area contributed by atoms with E-state index in [1.54, 1.807) is 12.0 Å². The molecule has 0 aromatic heterocycles. The predicted molar refractivity (Wildman–Crippen MR) is 153 cm³/mol. The summed E-state index contributed by atoms with van der Waals surface area (Å²) in [5, 5.41) is 0.645. The van der Waals surface area contributed by atoms with Crippen LogP contribution in [0.2, 0.25) is 0 Å². The van der Waals surface area contributed by atoms with Crippen LogP contribution in [0.25, 0.3) is 0 Å². The van der Waals surface area contributed by atoms with Gasteiger partial charge < -0.3 is 33.9 Å². The van der Waals surface area contributed by atoms with Crippen LogP contribution in [0.15, 0.2) is 24.3 Å². The number of ether oxygens (including phenoxy) is 2. The SMILES string of the molecule is COc1ccc(N2CCN(C(=O)ON3C(=O)C4CN(CC5CCN(C(=O)OC(C)(C)C)CC5)CCN4C3=O)CC2)cc1. The number of nitrogens with zero attached hydrogens (tertiary/aromatic N) is 6. The molecular weight excluding hydrogens is 544 g/mol.